The molecule has 36 heavy (non-hydrogen) atoms. The lowest BCUT2D eigenvalue weighted by molar-refractivity contribution is -0.141. The number of aromatic nitrogens is 3. The molecule has 1 aliphatic carbocycles. The maximum atomic E-state index is 13.7. The highest BCUT2D eigenvalue weighted by Gasteiger charge is 2.42. The normalized spacial score (nSPS) is 14.4. The minimum absolute atomic E-state index is 0.131. The minimum Gasteiger partial charge on any atom is -0.441 e. The fraction of sp³-hybridized carbons (Fsp3) is 0.261. The van der Waals surface area contributed by atoms with E-state index in [1.165, 1.54) is 21.7 Å². The van der Waals surface area contributed by atoms with Gasteiger partial charge in [0.1, 0.15) is 5.52 Å². The van der Waals surface area contributed by atoms with E-state index in [4.69, 9.17) is 16.0 Å². The van der Waals surface area contributed by atoms with Gasteiger partial charge in [-0.05, 0) is 43.2 Å². The number of aryl methyl sites for hydroxylation is 1. The van der Waals surface area contributed by atoms with Crippen LogP contribution in [0.15, 0.2) is 46.9 Å². The van der Waals surface area contributed by atoms with E-state index in [1.807, 2.05) is 0 Å². The summed E-state index contributed by atoms with van der Waals surface area (Å²) in [5.41, 5.74) is 1.00. The number of halogens is 4. The maximum absolute atomic E-state index is 13.7. The summed E-state index contributed by atoms with van der Waals surface area (Å²) < 4.78 is 45.8. The molecule has 4 aromatic rings. The molecule has 2 heterocycles. The molecule has 0 spiro atoms. The molecule has 0 N–H and O–H groups in total. The number of fused-ring (bicyclic) bond motifs is 1. The standard InChI is InChI=1S/C23H18ClF3N4O2S3/c1-11-28-16-8-7-14(10-17(16)33-11)30(23(34,35)36)21(32)13-3-2-4-15(9-13)31-19(12-5-6-12)18(24)20(29-31)22(25,26)27/h2-4,7-10,12,34-36H,5-6H2,1H3. The Morgan fingerprint density at radius 3 is 2.53 bits per heavy atom. The van der Waals surface area contributed by atoms with Crippen LogP contribution in [-0.4, -0.2) is 24.2 Å². The summed E-state index contributed by atoms with van der Waals surface area (Å²) in [5.74, 6) is -0.215. The van der Waals surface area contributed by atoms with Crippen LogP contribution in [0, 0.1) is 6.92 Å². The lowest BCUT2D eigenvalue weighted by atomic mass is 10.1. The molecule has 13 heteroatoms. The Labute approximate surface area is 225 Å². The molecular weight excluding hydrogens is 553 g/mol. The topological polar surface area (TPSA) is 64.2 Å². The fourth-order valence-electron chi connectivity index (χ4n) is 3.99. The largest absolute Gasteiger partial charge is 0.441 e. The van der Waals surface area contributed by atoms with E-state index in [9.17, 15) is 18.0 Å². The number of carbonyl (C=O) groups excluding carboxylic acids is 1. The molecule has 1 amide bonds. The molecular formula is C23H18ClF3N4O2S3. The third-order valence-corrected chi connectivity index (χ3v) is 6.64. The van der Waals surface area contributed by atoms with Crippen LogP contribution in [0.5, 0.6) is 0 Å². The highest BCUT2D eigenvalue weighted by Crippen LogP contribution is 2.47. The Kier molecular flexibility index (Phi) is 6.29. The van der Waals surface area contributed by atoms with Crippen LogP contribution >= 0.6 is 49.5 Å². The van der Waals surface area contributed by atoms with Gasteiger partial charge in [0, 0.05) is 24.5 Å². The highest BCUT2D eigenvalue weighted by atomic mass is 35.5. The van der Waals surface area contributed by atoms with Crippen molar-refractivity contribution in [2.24, 2.45) is 0 Å². The van der Waals surface area contributed by atoms with Crippen LogP contribution in [0.1, 0.15) is 46.4 Å². The monoisotopic (exact) mass is 570 g/mol. The molecule has 1 aliphatic rings. The van der Waals surface area contributed by atoms with Crippen LogP contribution in [0.2, 0.25) is 5.02 Å². The van der Waals surface area contributed by atoms with Crippen molar-refractivity contribution in [3.8, 4) is 5.69 Å². The maximum Gasteiger partial charge on any atom is 0.436 e. The Hall–Kier alpha value is -2.28. The number of hydrogen-bond acceptors (Lipinski definition) is 7. The zero-order valence-corrected chi connectivity index (χ0v) is 21.9. The molecule has 0 bridgehead atoms. The van der Waals surface area contributed by atoms with Gasteiger partial charge in [-0.25, -0.2) is 9.67 Å². The van der Waals surface area contributed by atoms with Crippen LogP contribution in [0.4, 0.5) is 18.9 Å². The second-order valence-electron chi connectivity index (χ2n) is 8.41. The summed E-state index contributed by atoms with van der Waals surface area (Å²) in [7, 11) is 0. The number of hydrogen-bond donors (Lipinski definition) is 3. The summed E-state index contributed by atoms with van der Waals surface area (Å²) >= 11 is 19.2. The third kappa shape index (κ3) is 4.71. The number of carbonyl (C=O) groups is 1. The molecule has 5 rings (SSSR count). The molecule has 0 unspecified atom stereocenters. The molecule has 6 nitrogen and oxygen atoms in total. The van der Waals surface area contributed by atoms with Crippen molar-refractivity contribution in [1.82, 2.24) is 14.8 Å². The first-order chi connectivity index (χ1) is 16.8. The number of amides is 1. The second kappa shape index (κ2) is 8.93. The van der Waals surface area contributed by atoms with Crippen molar-refractivity contribution in [2.45, 2.75) is 35.4 Å². The molecule has 0 atom stereocenters. The van der Waals surface area contributed by atoms with Gasteiger partial charge in [0.2, 0.25) is 0 Å². The summed E-state index contributed by atoms with van der Waals surface area (Å²) in [6.45, 7) is 1.70. The zero-order valence-electron chi connectivity index (χ0n) is 18.5. The van der Waals surface area contributed by atoms with Crippen molar-refractivity contribution < 1.29 is 22.4 Å². The van der Waals surface area contributed by atoms with E-state index >= 15 is 0 Å². The van der Waals surface area contributed by atoms with Crippen molar-refractivity contribution in [2.75, 3.05) is 4.90 Å². The second-order valence-corrected chi connectivity index (χ2v) is 11.8. The molecule has 188 valence electrons. The summed E-state index contributed by atoms with van der Waals surface area (Å²) in [4.78, 5) is 19.1. The number of nitrogens with zero attached hydrogens (tertiary/aromatic N) is 4. The molecule has 1 saturated carbocycles. The average Bonchev–Trinajstić information content (AvgIpc) is 3.45. The first-order valence-electron chi connectivity index (χ1n) is 10.7. The first kappa shape index (κ1) is 25.4. The number of benzene rings is 2. The zero-order chi connectivity index (χ0) is 26.0. The number of thiol groups is 3. The van der Waals surface area contributed by atoms with Crippen molar-refractivity contribution in [3.05, 3.63) is 70.3 Å². The molecule has 0 saturated heterocycles. The van der Waals surface area contributed by atoms with E-state index in [0.29, 0.717) is 35.5 Å². The van der Waals surface area contributed by atoms with Gasteiger partial charge in [0.25, 0.3) is 5.91 Å². The van der Waals surface area contributed by atoms with Gasteiger partial charge < -0.3 is 4.42 Å². The highest BCUT2D eigenvalue weighted by molar-refractivity contribution is 8.17. The first-order valence-corrected chi connectivity index (χ1v) is 12.4. The van der Waals surface area contributed by atoms with Crippen LogP contribution in [0.25, 0.3) is 16.8 Å². The predicted molar refractivity (Wildman–Crippen MR) is 141 cm³/mol. The predicted octanol–water partition coefficient (Wildman–Crippen LogP) is 6.92. The van der Waals surface area contributed by atoms with Crippen LogP contribution < -0.4 is 4.90 Å². The van der Waals surface area contributed by atoms with Gasteiger partial charge in [0.05, 0.1) is 22.1 Å². The number of alkyl halides is 3. The van der Waals surface area contributed by atoms with E-state index in [1.54, 1.807) is 37.3 Å². The van der Waals surface area contributed by atoms with E-state index < -0.39 is 26.3 Å². The van der Waals surface area contributed by atoms with Crippen molar-refractivity contribution in [3.63, 3.8) is 0 Å². The van der Waals surface area contributed by atoms with E-state index in [0.717, 1.165) is 0 Å². The van der Waals surface area contributed by atoms with Gasteiger partial charge in [0.15, 0.2) is 20.7 Å². The number of rotatable bonds is 5. The molecule has 2 aromatic carbocycles. The SMILES string of the molecule is Cc1nc2ccc(N(C(=O)c3cccc(-n4nc(C(F)(F)F)c(Cl)c4C4CC4)c3)C(S)(S)S)cc2o1. The Morgan fingerprint density at radius 2 is 1.89 bits per heavy atom. The summed E-state index contributed by atoms with van der Waals surface area (Å²) in [5, 5.41) is 3.35. The molecule has 2 aromatic heterocycles. The lowest BCUT2D eigenvalue weighted by Crippen LogP contribution is -2.41. The van der Waals surface area contributed by atoms with Gasteiger partial charge >= 0.3 is 6.18 Å². The van der Waals surface area contributed by atoms with Gasteiger partial charge in [-0.2, -0.15) is 18.3 Å². The Morgan fingerprint density at radius 1 is 1.17 bits per heavy atom. The molecule has 0 aliphatic heterocycles. The molecule has 1 fully saturated rings. The fourth-order valence-corrected chi connectivity index (χ4v) is 4.99. The third-order valence-electron chi connectivity index (χ3n) is 5.67. The quantitative estimate of drug-likeness (QED) is 0.180. The summed E-state index contributed by atoms with van der Waals surface area (Å²) in [6.07, 6.45) is -3.29. The molecule has 0 radical (unpaired) electrons. The van der Waals surface area contributed by atoms with Gasteiger partial charge in [-0.15, -0.1) is 37.9 Å². The Balaban J connectivity index is 1.58. The number of anilines is 1. The Bertz CT molecular complexity index is 1490. The lowest BCUT2D eigenvalue weighted by Gasteiger charge is -2.33. The average molecular weight is 571 g/mol. The van der Waals surface area contributed by atoms with Crippen LogP contribution in [0.3, 0.4) is 0 Å². The number of oxazole rings is 1. The van der Waals surface area contributed by atoms with Crippen molar-refractivity contribution >= 4 is 72.2 Å². The van der Waals surface area contributed by atoms with Gasteiger partial charge in [-0.1, -0.05) is 17.7 Å². The minimum atomic E-state index is -4.71. The van der Waals surface area contributed by atoms with Crippen molar-refractivity contribution in [1.29, 1.82) is 0 Å². The van der Waals surface area contributed by atoms with Gasteiger partial charge in [-0.3, -0.25) is 9.69 Å². The van der Waals surface area contributed by atoms with E-state index in [-0.39, 0.29) is 22.9 Å². The van der Waals surface area contributed by atoms with E-state index in [2.05, 4.69) is 48.0 Å². The summed E-state index contributed by atoms with van der Waals surface area (Å²) in [6, 6.07) is 11.0. The van der Waals surface area contributed by atoms with Crippen LogP contribution in [-0.2, 0) is 6.18 Å². The smallest absolute Gasteiger partial charge is 0.436 e.